The Labute approximate surface area is 163 Å². The maximum absolute atomic E-state index is 13.1. The van der Waals surface area contributed by atoms with E-state index in [9.17, 15) is 14.0 Å². The molecule has 0 atom stereocenters. The molecule has 146 valence electrons. The summed E-state index contributed by atoms with van der Waals surface area (Å²) in [6, 6.07) is 11.4. The minimum Gasteiger partial charge on any atom is -0.481 e. The number of amides is 2. The summed E-state index contributed by atoms with van der Waals surface area (Å²) in [7, 11) is 0. The molecular formula is C22H23FN2O3. The molecule has 28 heavy (non-hydrogen) atoms. The Balaban J connectivity index is 1.50. The third-order valence-electron chi connectivity index (χ3n) is 5.40. The highest BCUT2D eigenvalue weighted by molar-refractivity contribution is 5.99. The number of halogens is 1. The summed E-state index contributed by atoms with van der Waals surface area (Å²) in [6.07, 6.45) is 5.28. The first-order valence-corrected chi connectivity index (χ1v) is 9.73. The molecule has 4 rings (SSSR count). The molecule has 5 nitrogen and oxygen atoms in total. The molecule has 0 bridgehead atoms. The predicted molar refractivity (Wildman–Crippen MR) is 105 cm³/mol. The minimum atomic E-state index is -0.309. The van der Waals surface area contributed by atoms with Crippen molar-refractivity contribution >= 4 is 23.2 Å². The Morgan fingerprint density at radius 3 is 2.61 bits per heavy atom. The first-order valence-electron chi connectivity index (χ1n) is 9.73. The van der Waals surface area contributed by atoms with Crippen molar-refractivity contribution in [2.45, 2.75) is 38.6 Å². The summed E-state index contributed by atoms with van der Waals surface area (Å²) in [6.45, 7) is 0.275. The lowest BCUT2D eigenvalue weighted by atomic mass is 9.88. The van der Waals surface area contributed by atoms with Crippen molar-refractivity contribution in [1.29, 1.82) is 0 Å². The molecule has 1 N–H and O–H groups in total. The smallest absolute Gasteiger partial charge is 0.265 e. The topological polar surface area (TPSA) is 58.6 Å². The van der Waals surface area contributed by atoms with Gasteiger partial charge in [-0.25, -0.2) is 4.39 Å². The van der Waals surface area contributed by atoms with E-state index in [0.717, 1.165) is 31.2 Å². The zero-order valence-electron chi connectivity index (χ0n) is 15.6. The summed E-state index contributed by atoms with van der Waals surface area (Å²) in [5.74, 6) is 0.215. The van der Waals surface area contributed by atoms with Crippen molar-refractivity contribution in [2.24, 2.45) is 5.92 Å². The molecule has 0 unspecified atom stereocenters. The molecule has 1 aliphatic carbocycles. The summed E-state index contributed by atoms with van der Waals surface area (Å²) >= 11 is 0. The fourth-order valence-electron chi connectivity index (χ4n) is 3.84. The molecule has 0 radical (unpaired) electrons. The SMILES string of the molecule is O=C(Nc1ccc2c(c1)OCC(=O)N2Cc1ccc(F)cc1)C1CCCCC1. The molecule has 2 aromatic rings. The van der Waals surface area contributed by atoms with E-state index in [1.165, 1.54) is 18.6 Å². The van der Waals surface area contributed by atoms with E-state index >= 15 is 0 Å². The summed E-state index contributed by atoms with van der Waals surface area (Å²) < 4.78 is 18.7. The summed E-state index contributed by atoms with van der Waals surface area (Å²) in [4.78, 5) is 26.5. The number of benzene rings is 2. The number of hydrogen-bond donors (Lipinski definition) is 1. The fraction of sp³-hybridized carbons (Fsp3) is 0.364. The van der Waals surface area contributed by atoms with E-state index in [4.69, 9.17) is 4.74 Å². The summed E-state index contributed by atoms with van der Waals surface area (Å²) in [5.41, 5.74) is 2.15. The maximum atomic E-state index is 13.1. The van der Waals surface area contributed by atoms with E-state index in [1.807, 2.05) is 0 Å². The zero-order chi connectivity index (χ0) is 19.5. The fourth-order valence-corrected chi connectivity index (χ4v) is 3.84. The Kier molecular flexibility index (Phi) is 5.28. The van der Waals surface area contributed by atoms with Crippen LogP contribution in [0.2, 0.25) is 0 Å². The van der Waals surface area contributed by atoms with E-state index in [0.29, 0.717) is 23.7 Å². The lowest BCUT2D eigenvalue weighted by molar-refractivity contribution is -0.122. The van der Waals surface area contributed by atoms with Gasteiger partial charge in [-0.1, -0.05) is 31.4 Å². The highest BCUT2D eigenvalue weighted by atomic mass is 19.1. The standard InChI is InChI=1S/C22H23FN2O3/c23-17-8-6-15(7-9-17)13-25-19-11-10-18(12-20(19)28-14-21(25)26)24-22(27)16-4-2-1-3-5-16/h6-12,16H,1-5,13-14H2,(H,24,27). The van der Waals surface area contributed by atoms with Gasteiger partial charge < -0.3 is 15.0 Å². The first-order chi connectivity index (χ1) is 13.6. The molecule has 1 heterocycles. The number of nitrogens with one attached hydrogen (secondary N) is 1. The van der Waals surface area contributed by atoms with Crippen molar-refractivity contribution in [3.8, 4) is 5.75 Å². The lowest BCUT2D eigenvalue weighted by Gasteiger charge is -2.30. The van der Waals surface area contributed by atoms with Crippen LogP contribution in [-0.4, -0.2) is 18.4 Å². The highest BCUT2D eigenvalue weighted by Gasteiger charge is 2.27. The highest BCUT2D eigenvalue weighted by Crippen LogP contribution is 2.36. The van der Waals surface area contributed by atoms with Crippen LogP contribution in [0.1, 0.15) is 37.7 Å². The van der Waals surface area contributed by atoms with Gasteiger partial charge in [-0.15, -0.1) is 0 Å². The van der Waals surface area contributed by atoms with Gasteiger partial charge in [0.05, 0.1) is 12.2 Å². The summed E-state index contributed by atoms with van der Waals surface area (Å²) in [5, 5.41) is 2.98. The molecule has 1 saturated carbocycles. The second kappa shape index (κ2) is 8.00. The van der Waals surface area contributed by atoms with Gasteiger partial charge in [0.15, 0.2) is 6.61 Å². The molecule has 0 saturated heterocycles. The van der Waals surface area contributed by atoms with Crippen LogP contribution < -0.4 is 15.0 Å². The van der Waals surface area contributed by atoms with Crippen LogP contribution in [0.3, 0.4) is 0 Å². The molecule has 2 amide bonds. The monoisotopic (exact) mass is 382 g/mol. The van der Waals surface area contributed by atoms with Crippen LogP contribution in [-0.2, 0) is 16.1 Å². The second-order valence-electron chi connectivity index (χ2n) is 7.40. The lowest BCUT2D eigenvalue weighted by Crippen LogP contribution is -2.38. The molecule has 1 aliphatic heterocycles. The van der Waals surface area contributed by atoms with Crippen LogP contribution in [0, 0.1) is 11.7 Å². The number of rotatable bonds is 4. The Morgan fingerprint density at radius 1 is 1.11 bits per heavy atom. The number of carbonyl (C=O) groups is 2. The van der Waals surface area contributed by atoms with Crippen LogP contribution in [0.4, 0.5) is 15.8 Å². The Bertz CT molecular complexity index is 876. The zero-order valence-corrected chi connectivity index (χ0v) is 15.6. The van der Waals surface area contributed by atoms with Gasteiger partial charge in [-0.3, -0.25) is 9.59 Å². The van der Waals surface area contributed by atoms with Gasteiger partial charge in [0.25, 0.3) is 5.91 Å². The third kappa shape index (κ3) is 4.01. The van der Waals surface area contributed by atoms with Crippen LogP contribution in [0.5, 0.6) is 5.75 Å². The quantitative estimate of drug-likeness (QED) is 0.859. The number of fused-ring (bicyclic) bond motifs is 1. The van der Waals surface area contributed by atoms with Gasteiger partial charge in [0.1, 0.15) is 11.6 Å². The predicted octanol–water partition coefficient (Wildman–Crippen LogP) is 4.27. The number of hydrogen-bond acceptors (Lipinski definition) is 3. The number of anilines is 2. The second-order valence-corrected chi connectivity index (χ2v) is 7.40. The van der Waals surface area contributed by atoms with E-state index in [1.54, 1.807) is 35.2 Å². The van der Waals surface area contributed by atoms with Crippen molar-refractivity contribution in [3.05, 3.63) is 53.8 Å². The molecule has 2 aromatic carbocycles. The normalized spacial score (nSPS) is 17.0. The third-order valence-corrected chi connectivity index (χ3v) is 5.40. The molecule has 2 aliphatic rings. The molecular weight excluding hydrogens is 359 g/mol. The molecule has 1 fully saturated rings. The number of carbonyl (C=O) groups excluding carboxylic acids is 2. The van der Waals surface area contributed by atoms with Gasteiger partial charge in [0.2, 0.25) is 5.91 Å². The Hall–Kier alpha value is -2.89. The van der Waals surface area contributed by atoms with Gasteiger partial charge in [-0.2, -0.15) is 0 Å². The molecule has 0 spiro atoms. The Morgan fingerprint density at radius 2 is 1.86 bits per heavy atom. The number of nitrogens with zero attached hydrogens (tertiary/aromatic N) is 1. The average molecular weight is 382 g/mol. The minimum absolute atomic E-state index is 0.0507. The van der Waals surface area contributed by atoms with Gasteiger partial charge >= 0.3 is 0 Å². The molecule has 6 heteroatoms. The van der Waals surface area contributed by atoms with Gasteiger partial charge in [-0.05, 0) is 42.7 Å². The largest absolute Gasteiger partial charge is 0.481 e. The van der Waals surface area contributed by atoms with Crippen LogP contribution in [0.15, 0.2) is 42.5 Å². The molecule has 0 aromatic heterocycles. The first kappa shape index (κ1) is 18.5. The van der Waals surface area contributed by atoms with Crippen molar-refractivity contribution in [2.75, 3.05) is 16.8 Å². The van der Waals surface area contributed by atoms with Crippen molar-refractivity contribution in [3.63, 3.8) is 0 Å². The van der Waals surface area contributed by atoms with Crippen LogP contribution >= 0.6 is 0 Å². The van der Waals surface area contributed by atoms with Gasteiger partial charge in [0, 0.05) is 17.7 Å². The van der Waals surface area contributed by atoms with E-state index in [-0.39, 0.29) is 30.2 Å². The van der Waals surface area contributed by atoms with Crippen molar-refractivity contribution in [1.82, 2.24) is 0 Å². The van der Waals surface area contributed by atoms with E-state index < -0.39 is 0 Å². The van der Waals surface area contributed by atoms with Crippen LogP contribution in [0.25, 0.3) is 0 Å². The van der Waals surface area contributed by atoms with E-state index in [2.05, 4.69) is 5.32 Å². The number of ether oxygens (including phenoxy) is 1. The maximum Gasteiger partial charge on any atom is 0.265 e. The van der Waals surface area contributed by atoms with Crippen molar-refractivity contribution < 1.29 is 18.7 Å². The average Bonchev–Trinajstić information content (AvgIpc) is 2.72.